The minimum absolute atomic E-state index is 0.0899. The Bertz CT molecular complexity index is 1650. The van der Waals surface area contributed by atoms with Gasteiger partial charge in [-0.3, -0.25) is 23.6 Å². The van der Waals surface area contributed by atoms with Gasteiger partial charge >= 0.3 is 6.09 Å². The molecule has 1 N–H and O–H groups in total. The summed E-state index contributed by atoms with van der Waals surface area (Å²) in [5.74, 6) is 0.861. The number of fused-ring (bicyclic) bond motifs is 1. The van der Waals surface area contributed by atoms with Crippen LogP contribution in [-0.2, 0) is 20.8 Å². The van der Waals surface area contributed by atoms with E-state index in [-0.39, 0.29) is 36.3 Å². The van der Waals surface area contributed by atoms with Crippen molar-refractivity contribution in [3.05, 3.63) is 57.7 Å². The third-order valence-electron chi connectivity index (χ3n) is 9.25. The zero-order chi connectivity index (χ0) is 32.8. The van der Waals surface area contributed by atoms with Gasteiger partial charge in [-0.1, -0.05) is 36.6 Å². The van der Waals surface area contributed by atoms with Gasteiger partial charge in [-0.25, -0.2) is 9.78 Å². The van der Waals surface area contributed by atoms with Gasteiger partial charge in [0.05, 0.1) is 42.8 Å². The average Bonchev–Trinajstić information content (AvgIpc) is 3.77. The fourth-order valence-electron chi connectivity index (χ4n) is 6.43. The molecule has 11 nitrogen and oxygen atoms in total. The minimum Gasteiger partial charge on any atom is -0.444 e. The van der Waals surface area contributed by atoms with Gasteiger partial charge in [0.1, 0.15) is 17.1 Å². The van der Waals surface area contributed by atoms with Crippen LogP contribution < -0.4 is 5.56 Å². The maximum atomic E-state index is 13.6. The first kappa shape index (κ1) is 32.5. The first-order valence-corrected chi connectivity index (χ1v) is 16.7. The number of halogens is 1. The zero-order valence-electron chi connectivity index (χ0n) is 27.1. The number of piperidine rings is 1. The fourth-order valence-corrected chi connectivity index (χ4v) is 6.72. The van der Waals surface area contributed by atoms with E-state index >= 15 is 0 Å². The van der Waals surface area contributed by atoms with Crippen molar-refractivity contribution in [3.63, 3.8) is 0 Å². The van der Waals surface area contributed by atoms with Crippen LogP contribution in [0.25, 0.3) is 16.7 Å². The molecule has 0 unspecified atom stereocenters. The number of carbonyl (C=O) groups excluding carboxylic acids is 2. The number of amides is 2. The van der Waals surface area contributed by atoms with Gasteiger partial charge in [0.25, 0.3) is 5.56 Å². The number of aliphatic hydroxyl groups is 1. The molecule has 0 spiro atoms. The summed E-state index contributed by atoms with van der Waals surface area (Å²) in [6.07, 6.45) is 5.74. The maximum absolute atomic E-state index is 13.6. The number of carbonyl (C=O) groups is 2. The van der Waals surface area contributed by atoms with E-state index in [1.54, 1.807) is 15.5 Å². The molecule has 2 atom stereocenters. The number of likely N-dealkylation sites (tertiary alicyclic amines) is 1. The van der Waals surface area contributed by atoms with Crippen LogP contribution in [0.5, 0.6) is 0 Å². The van der Waals surface area contributed by atoms with Gasteiger partial charge < -0.3 is 19.5 Å². The van der Waals surface area contributed by atoms with Crippen molar-refractivity contribution >= 4 is 34.6 Å². The van der Waals surface area contributed by atoms with Gasteiger partial charge in [0.15, 0.2) is 5.65 Å². The Morgan fingerprint density at radius 1 is 1.15 bits per heavy atom. The van der Waals surface area contributed by atoms with Crippen LogP contribution in [0.3, 0.4) is 0 Å². The number of nitrogens with zero attached hydrogens (tertiary/aromatic N) is 5. The Morgan fingerprint density at radius 3 is 2.50 bits per heavy atom. The van der Waals surface area contributed by atoms with E-state index in [0.717, 1.165) is 12.0 Å². The lowest BCUT2D eigenvalue weighted by atomic mass is 9.91. The second-order valence-corrected chi connectivity index (χ2v) is 14.6. The molecule has 1 saturated carbocycles. The van der Waals surface area contributed by atoms with Crippen molar-refractivity contribution < 1.29 is 24.2 Å². The highest BCUT2D eigenvalue weighted by Gasteiger charge is 2.36. The summed E-state index contributed by atoms with van der Waals surface area (Å²) in [5.41, 5.74) is -0.0158. The SMILES string of the molecule is C[C@H]1CN(C(=O)OC(C)(C)C)[C@H](c2ccc(-n3c(Cl)cc4c(=O)n(CC5(O)CCN(C(=O)CCC6CC6)CC5)cnc43)cc2)CO1. The number of hydrogen-bond acceptors (Lipinski definition) is 7. The highest BCUT2D eigenvalue weighted by Crippen LogP contribution is 2.34. The summed E-state index contributed by atoms with van der Waals surface area (Å²) >= 11 is 6.67. The third kappa shape index (κ3) is 7.11. The largest absolute Gasteiger partial charge is 0.444 e. The second kappa shape index (κ2) is 12.7. The van der Waals surface area contributed by atoms with E-state index in [2.05, 4.69) is 4.98 Å². The van der Waals surface area contributed by atoms with E-state index in [4.69, 9.17) is 21.1 Å². The summed E-state index contributed by atoms with van der Waals surface area (Å²) < 4.78 is 14.7. The topological polar surface area (TPSA) is 119 Å². The molecule has 2 amide bonds. The second-order valence-electron chi connectivity index (χ2n) is 14.2. The Kier molecular flexibility index (Phi) is 8.95. The number of morpholine rings is 1. The lowest BCUT2D eigenvalue weighted by Gasteiger charge is -2.39. The molecule has 3 aromatic rings. The zero-order valence-corrected chi connectivity index (χ0v) is 27.8. The van der Waals surface area contributed by atoms with E-state index < -0.39 is 11.2 Å². The lowest BCUT2D eigenvalue weighted by molar-refractivity contribution is -0.136. The van der Waals surface area contributed by atoms with Crippen molar-refractivity contribution in [2.24, 2.45) is 5.92 Å². The number of aromatic nitrogens is 3. The lowest BCUT2D eigenvalue weighted by Crippen LogP contribution is -2.49. The van der Waals surface area contributed by atoms with E-state index in [1.807, 2.05) is 56.9 Å². The predicted octanol–water partition coefficient (Wildman–Crippen LogP) is 5.08. The molecule has 2 aromatic heterocycles. The van der Waals surface area contributed by atoms with Crippen LogP contribution in [-0.4, -0.2) is 84.6 Å². The Balaban J connectivity index is 1.17. The average molecular weight is 654 g/mol. The Hall–Kier alpha value is -3.41. The van der Waals surface area contributed by atoms with Gasteiger partial charge in [-0.15, -0.1) is 0 Å². The number of rotatable bonds is 7. The summed E-state index contributed by atoms with van der Waals surface area (Å²) in [7, 11) is 0. The van der Waals surface area contributed by atoms with Crippen LogP contribution in [0.4, 0.5) is 4.79 Å². The van der Waals surface area contributed by atoms with E-state index in [1.165, 1.54) is 23.7 Å². The fraction of sp³-hybridized carbons (Fsp3) is 0.588. The van der Waals surface area contributed by atoms with Gasteiger partial charge in [-0.05, 0) is 76.6 Å². The molecule has 0 bridgehead atoms. The van der Waals surface area contributed by atoms with Gasteiger partial charge in [0.2, 0.25) is 5.91 Å². The molecule has 3 fully saturated rings. The summed E-state index contributed by atoms with van der Waals surface area (Å²) in [4.78, 5) is 47.3. The van der Waals surface area contributed by atoms with Crippen LogP contribution in [0.15, 0.2) is 41.5 Å². The molecule has 1 aliphatic carbocycles. The summed E-state index contributed by atoms with van der Waals surface area (Å²) in [5, 5.41) is 12.0. The van der Waals surface area contributed by atoms with Crippen LogP contribution in [0.1, 0.15) is 77.8 Å². The molecule has 6 rings (SSSR count). The molecule has 0 radical (unpaired) electrons. The van der Waals surface area contributed by atoms with Crippen LogP contribution >= 0.6 is 11.6 Å². The quantitative estimate of drug-likeness (QED) is 0.378. The molecule has 1 aromatic carbocycles. The number of hydrogen-bond donors (Lipinski definition) is 1. The standard InChI is InChI=1S/C34H44ClN5O6/c1-22-18-39(32(43)46-33(2,3)4)27(19-45-22)24-8-10-25(11-9-24)40-28(35)17-26-30(40)36-21-38(31(26)42)20-34(44)13-15-37(16-14-34)29(41)12-7-23-5-6-23/h8-11,17,21-23,27,44H,5-7,12-16,18-20H2,1-4H3/t22-,27-/m0/s1. The molecule has 2 saturated heterocycles. The summed E-state index contributed by atoms with van der Waals surface area (Å²) in [6.45, 7) is 9.27. The monoisotopic (exact) mass is 653 g/mol. The van der Waals surface area contributed by atoms with Gasteiger partial charge in [-0.2, -0.15) is 0 Å². The molecule has 46 heavy (non-hydrogen) atoms. The molecular formula is C34H44ClN5O6. The highest BCUT2D eigenvalue weighted by atomic mass is 35.5. The summed E-state index contributed by atoms with van der Waals surface area (Å²) in [6, 6.07) is 8.86. The van der Waals surface area contributed by atoms with Crippen LogP contribution in [0, 0.1) is 5.92 Å². The van der Waals surface area contributed by atoms with Crippen LogP contribution in [0.2, 0.25) is 5.15 Å². The molecule has 248 valence electrons. The maximum Gasteiger partial charge on any atom is 0.410 e. The molecule has 4 heterocycles. The molecule has 12 heteroatoms. The number of benzene rings is 1. The highest BCUT2D eigenvalue weighted by molar-refractivity contribution is 6.31. The first-order chi connectivity index (χ1) is 21.8. The van der Waals surface area contributed by atoms with Crippen molar-refractivity contribution in [1.29, 1.82) is 0 Å². The Labute approximate surface area is 274 Å². The minimum atomic E-state index is -1.11. The van der Waals surface area contributed by atoms with Crippen molar-refractivity contribution in [3.8, 4) is 5.69 Å². The van der Waals surface area contributed by atoms with Gasteiger partial charge in [0, 0.05) is 25.2 Å². The van der Waals surface area contributed by atoms with Crippen molar-refractivity contribution in [2.75, 3.05) is 26.2 Å². The smallest absolute Gasteiger partial charge is 0.410 e. The predicted molar refractivity (Wildman–Crippen MR) is 174 cm³/mol. The van der Waals surface area contributed by atoms with Crippen molar-refractivity contribution in [1.82, 2.24) is 23.9 Å². The Morgan fingerprint density at radius 2 is 1.85 bits per heavy atom. The first-order valence-electron chi connectivity index (χ1n) is 16.3. The van der Waals surface area contributed by atoms with Crippen molar-refractivity contribution in [2.45, 2.75) is 96.1 Å². The molecular weight excluding hydrogens is 610 g/mol. The molecule has 2 aliphatic heterocycles. The molecule has 3 aliphatic rings. The van der Waals surface area contributed by atoms with E-state index in [0.29, 0.717) is 73.3 Å². The number of ether oxygens (including phenoxy) is 2. The third-order valence-corrected chi connectivity index (χ3v) is 9.53. The normalized spacial score (nSPS) is 21.9. The van der Waals surface area contributed by atoms with E-state index in [9.17, 15) is 19.5 Å².